The van der Waals surface area contributed by atoms with Gasteiger partial charge in [0, 0.05) is 48.2 Å². The first kappa shape index (κ1) is 23.5. The molecule has 3 rings (SSSR count). The Morgan fingerprint density at radius 1 is 1.32 bits per heavy atom. The van der Waals surface area contributed by atoms with Crippen LogP contribution in [0.1, 0.15) is 43.7 Å². The van der Waals surface area contributed by atoms with E-state index < -0.39 is 10.8 Å². The largest absolute Gasteiger partial charge is 0.494 e. The fourth-order valence-electron chi connectivity index (χ4n) is 3.87. The van der Waals surface area contributed by atoms with Crippen molar-refractivity contribution in [3.8, 4) is 5.75 Å². The second-order valence-electron chi connectivity index (χ2n) is 8.35. The molecular weight excluding hydrogens is 412 g/mol. The van der Waals surface area contributed by atoms with Gasteiger partial charge in [-0.15, -0.1) is 0 Å². The number of rotatable bonds is 12. The molecule has 0 aliphatic carbocycles. The van der Waals surface area contributed by atoms with E-state index in [1.807, 2.05) is 12.1 Å². The minimum absolute atomic E-state index is 0.0307. The van der Waals surface area contributed by atoms with Gasteiger partial charge >= 0.3 is 0 Å². The lowest BCUT2D eigenvalue weighted by atomic mass is 10.00. The average molecular weight is 447 g/mol. The highest BCUT2D eigenvalue weighted by Gasteiger charge is 2.16. The minimum Gasteiger partial charge on any atom is -0.494 e. The number of hydrogen-bond acceptors (Lipinski definition) is 5. The molecule has 1 amide bonds. The lowest BCUT2D eigenvalue weighted by Gasteiger charge is -2.30. The normalized spacial score (nSPS) is 17.9. The van der Waals surface area contributed by atoms with Crippen molar-refractivity contribution in [2.75, 3.05) is 32.0 Å². The monoisotopic (exact) mass is 446 g/mol. The van der Waals surface area contributed by atoms with Crippen molar-refractivity contribution in [1.29, 1.82) is 0 Å². The van der Waals surface area contributed by atoms with E-state index in [1.54, 1.807) is 18.6 Å². The number of nitrogens with one attached hydrogen (secondary N) is 1. The number of furan rings is 1. The maximum Gasteiger partial charge on any atom is 0.220 e. The van der Waals surface area contributed by atoms with Crippen molar-refractivity contribution < 1.29 is 18.2 Å². The van der Waals surface area contributed by atoms with Crippen LogP contribution in [0.15, 0.2) is 47.3 Å². The zero-order chi connectivity index (χ0) is 21.9. The highest BCUT2D eigenvalue weighted by Crippen LogP contribution is 2.20. The molecule has 2 heterocycles. The number of nitrogens with zero attached hydrogens (tertiary/aromatic N) is 1. The Balaban J connectivity index is 1.27. The van der Waals surface area contributed by atoms with Crippen molar-refractivity contribution >= 4 is 16.7 Å². The molecule has 1 aromatic carbocycles. The maximum absolute atomic E-state index is 12.0. The second-order valence-corrected chi connectivity index (χ2v) is 9.93. The first-order chi connectivity index (χ1) is 15.1. The van der Waals surface area contributed by atoms with Gasteiger partial charge in [-0.2, -0.15) is 0 Å². The molecule has 0 bridgehead atoms. The Morgan fingerprint density at radius 3 is 3.03 bits per heavy atom. The smallest absolute Gasteiger partial charge is 0.220 e. The summed E-state index contributed by atoms with van der Waals surface area (Å²) >= 11 is 0. The molecule has 1 aliphatic heterocycles. The van der Waals surface area contributed by atoms with E-state index in [4.69, 9.17) is 9.15 Å². The molecule has 1 saturated heterocycles. The van der Waals surface area contributed by atoms with Gasteiger partial charge < -0.3 is 14.5 Å². The zero-order valence-electron chi connectivity index (χ0n) is 18.4. The van der Waals surface area contributed by atoms with E-state index in [9.17, 15) is 9.00 Å². The SMILES string of the molecule is CC1CCCN(Cc2cccc(OCCCC(=O)NCCS(=O)Cc3ccoc3)c2)C1. The molecule has 7 heteroatoms. The van der Waals surface area contributed by atoms with E-state index in [-0.39, 0.29) is 5.91 Å². The molecule has 0 spiro atoms. The van der Waals surface area contributed by atoms with E-state index in [0.29, 0.717) is 37.5 Å². The van der Waals surface area contributed by atoms with Gasteiger partial charge in [0.1, 0.15) is 5.75 Å². The molecule has 6 nitrogen and oxygen atoms in total. The Hall–Kier alpha value is -2.12. The summed E-state index contributed by atoms with van der Waals surface area (Å²) in [5, 5.41) is 2.83. The topological polar surface area (TPSA) is 71.8 Å². The van der Waals surface area contributed by atoms with Crippen molar-refractivity contribution in [1.82, 2.24) is 10.2 Å². The third kappa shape index (κ3) is 8.87. The Kier molecular flexibility index (Phi) is 9.62. The van der Waals surface area contributed by atoms with Gasteiger partial charge in [-0.1, -0.05) is 19.1 Å². The first-order valence-corrected chi connectivity index (χ1v) is 12.6. The van der Waals surface area contributed by atoms with Crippen molar-refractivity contribution in [3.63, 3.8) is 0 Å². The molecule has 31 heavy (non-hydrogen) atoms. The van der Waals surface area contributed by atoms with Gasteiger partial charge in [-0.05, 0) is 55.5 Å². The zero-order valence-corrected chi connectivity index (χ0v) is 19.2. The van der Waals surface area contributed by atoms with Gasteiger partial charge in [-0.25, -0.2) is 0 Å². The number of piperidine rings is 1. The minimum atomic E-state index is -1.01. The summed E-state index contributed by atoms with van der Waals surface area (Å²) in [5.74, 6) is 2.50. The lowest BCUT2D eigenvalue weighted by molar-refractivity contribution is -0.121. The van der Waals surface area contributed by atoms with Crippen molar-refractivity contribution in [2.24, 2.45) is 5.92 Å². The van der Waals surface area contributed by atoms with Crippen LogP contribution < -0.4 is 10.1 Å². The molecule has 2 atom stereocenters. The number of benzene rings is 1. The van der Waals surface area contributed by atoms with Gasteiger partial charge in [-0.3, -0.25) is 13.9 Å². The summed E-state index contributed by atoms with van der Waals surface area (Å²) in [6, 6.07) is 10.1. The average Bonchev–Trinajstić information content (AvgIpc) is 3.24. The van der Waals surface area contributed by atoms with Crippen LogP contribution in [0.25, 0.3) is 0 Å². The van der Waals surface area contributed by atoms with Crippen molar-refractivity contribution in [3.05, 3.63) is 54.0 Å². The summed E-state index contributed by atoms with van der Waals surface area (Å²) in [5.41, 5.74) is 2.18. The predicted octanol–water partition coefficient (Wildman–Crippen LogP) is 3.74. The van der Waals surface area contributed by atoms with Gasteiger partial charge in [0.2, 0.25) is 5.91 Å². The van der Waals surface area contributed by atoms with Crippen LogP contribution in [0.3, 0.4) is 0 Å². The van der Waals surface area contributed by atoms with E-state index in [2.05, 4.69) is 29.3 Å². The first-order valence-electron chi connectivity index (χ1n) is 11.2. The van der Waals surface area contributed by atoms with Gasteiger partial charge in [0.05, 0.1) is 24.9 Å². The summed E-state index contributed by atoms with van der Waals surface area (Å²) in [6.07, 6.45) is 6.83. The fourth-order valence-corrected chi connectivity index (χ4v) is 4.88. The quantitative estimate of drug-likeness (QED) is 0.503. The van der Waals surface area contributed by atoms with Crippen LogP contribution in [-0.4, -0.2) is 47.0 Å². The highest BCUT2D eigenvalue weighted by atomic mass is 32.2. The van der Waals surface area contributed by atoms with Crippen LogP contribution in [0.5, 0.6) is 5.75 Å². The number of ether oxygens (including phenoxy) is 1. The Bertz CT molecular complexity index is 825. The van der Waals surface area contributed by atoms with Gasteiger partial charge in [0.25, 0.3) is 0 Å². The maximum atomic E-state index is 12.0. The Morgan fingerprint density at radius 2 is 2.23 bits per heavy atom. The van der Waals surface area contributed by atoms with E-state index >= 15 is 0 Å². The number of amides is 1. The summed E-state index contributed by atoms with van der Waals surface area (Å²) in [7, 11) is -1.01. The summed E-state index contributed by atoms with van der Waals surface area (Å²) < 4.78 is 22.8. The van der Waals surface area contributed by atoms with Crippen LogP contribution in [0.2, 0.25) is 0 Å². The van der Waals surface area contributed by atoms with Crippen LogP contribution in [-0.2, 0) is 27.9 Å². The standard InChI is InChI=1S/C24H34N2O4S/c1-20-5-3-11-26(16-20)17-21-6-2-7-23(15-21)30-12-4-8-24(27)25-10-14-31(28)19-22-9-13-29-18-22/h2,6-7,9,13,15,18,20H,3-5,8,10-12,14,16-17,19H2,1H3,(H,25,27). The van der Waals surface area contributed by atoms with Crippen molar-refractivity contribution in [2.45, 2.75) is 44.9 Å². The number of likely N-dealkylation sites (tertiary alicyclic amines) is 1. The summed E-state index contributed by atoms with van der Waals surface area (Å²) in [4.78, 5) is 14.5. The third-order valence-electron chi connectivity index (χ3n) is 5.42. The number of carbonyl (C=O) groups is 1. The van der Waals surface area contributed by atoms with E-state index in [1.165, 1.54) is 24.9 Å². The molecule has 170 valence electrons. The molecule has 1 aromatic heterocycles. The Labute approximate surface area is 187 Å². The van der Waals surface area contributed by atoms with Crippen LogP contribution in [0, 0.1) is 5.92 Å². The number of hydrogen-bond donors (Lipinski definition) is 1. The van der Waals surface area contributed by atoms with Crippen LogP contribution >= 0.6 is 0 Å². The predicted molar refractivity (Wildman–Crippen MR) is 123 cm³/mol. The molecule has 1 fully saturated rings. The highest BCUT2D eigenvalue weighted by molar-refractivity contribution is 7.84. The molecule has 2 aromatic rings. The van der Waals surface area contributed by atoms with Crippen LogP contribution in [0.4, 0.5) is 0 Å². The molecule has 1 N–H and O–H groups in total. The van der Waals surface area contributed by atoms with E-state index in [0.717, 1.165) is 30.3 Å². The number of carbonyl (C=O) groups excluding carboxylic acids is 1. The summed E-state index contributed by atoms with van der Waals surface area (Å²) in [6.45, 7) is 6.54. The third-order valence-corrected chi connectivity index (χ3v) is 6.74. The molecular formula is C24H34N2O4S. The van der Waals surface area contributed by atoms with Gasteiger partial charge in [0.15, 0.2) is 0 Å². The molecule has 0 saturated carbocycles. The molecule has 0 radical (unpaired) electrons. The molecule has 2 unspecified atom stereocenters. The lowest BCUT2D eigenvalue weighted by Crippen LogP contribution is -2.33. The fraction of sp³-hybridized carbons (Fsp3) is 0.542. The second kappa shape index (κ2) is 12.7. The molecule has 1 aliphatic rings.